The van der Waals surface area contributed by atoms with E-state index in [1.54, 1.807) is 0 Å². The third-order valence-electron chi connectivity index (χ3n) is 10.8. The number of epoxide rings is 3. The van der Waals surface area contributed by atoms with E-state index < -0.39 is 0 Å². The smallest absolute Gasteiger partial charge is 0.108 e. The zero-order valence-corrected chi connectivity index (χ0v) is 15.2. The molecule has 0 aromatic rings. The standard InChI is InChI=1S/C23H24O3/c1-17-14-18-8-2-3-9-19(18,24-18)15(17)21-11-6-7-13-23(21,26-21)16(17)22-12-5-4-10-20(14,22)25-22/h2-7,14-16H,8-13H2,1H3/t14?,15?,16?,17?,18-,19+,20-,21-,22+,23+. The Kier molecular flexibility index (Phi) is 1.55. The monoisotopic (exact) mass is 348 g/mol. The predicted octanol–water partition coefficient (Wildman–Crippen LogP) is 3.46. The van der Waals surface area contributed by atoms with Gasteiger partial charge in [-0.15, -0.1) is 0 Å². The first-order valence-electron chi connectivity index (χ1n) is 10.6. The van der Waals surface area contributed by atoms with Crippen molar-refractivity contribution in [2.75, 3.05) is 0 Å². The SMILES string of the molecule is CC12C3[C@@]45CC=CC[C@@]4(O5)C1[C@@]14CC=CC[C@@]1(O4)C2[C@]12CC=CC[C@]31O2. The molecule has 3 saturated carbocycles. The summed E-state index contributed by atoms with van der Waals surface area (Å²) in [6.07, 6.45) is 20.8. The predicted molar refractivity (Wildman–Crippen MR) is 93.3 cm³/mol. The highest BCUT2D eigenvalue weighted by atomic mass is 16.7. The maximum absolute atomic E-state index is 6.90. The third kappa shape index (κ3) is 0.795. The van der Waals surface area contributed by atoms with Gasteiger partial charge in [0.2, 0.25) is 0 Å². The summed E-state index contributed by atoms with van der Waals surface area (Å²) in [5, 5.41) is 0. The molecule has 3 heterocycles. The topological polar surface area (TPSA) is 37.6 Å². The van der Waals surface area contributed by atoms with Gasteiger partial charge in [0, 0.05) is 17.8 Å². The molecule has 0 aromatic heterocycles. The Bertz CT molecular complexity index is 757. The van der Waals surface area contributed by atoms with Gasteiger partial charge in [-0.3, -0.25) is 0 Å². The Morgan fingerprint density at radius 3 is 0.962 bits per heavy atom. The summed E-state index contributed by atoms with van der Waals surface area (Å²) in [4.78, 5) is 0. The van der Waals surface area contributed by atoms with Crippen LogP contribution in [0.15, 0.2) is 36.5 Å². The fourth-order valence-electron chi connectivity index (χ4n) is 10.9. The van der Waals surface area contributed by atoms with Crippen molar-refractivity contribution in [3.63, 3.8) is 0 Å². The minimum Gasteiger partial charge on any atom is -0.361 e. The van der Waals surface area contributed by atoms with Crippen LogP contribution in [0.3, 0.4) is 0 Å². The van der Waals surface area contributed by atoms with Crippen molar-refractivity contribution in [2.24, 2.45) is 23.2 Å². The molecule has 3 heteroatoms. The summed E-state index contributed by atoms with van der Waals surface area (Å²) in [7, 11) is 0. The second-order valence-corrected chi connectivity index (χ2v) is 10.9. The Balaban J connectivity index is 1.41. The molecule has 3 nitrogen and oxygen atoms in total. The Morgan fingerprint density at radius 1 is 0.500 bits per heavy atom. The highest BCUT2D eigenvalue weighted by Crippen LogP contribution is 2.99. The summed E-state index contributed by atoms with van der Waals surface area (Å²) >= 11 is 0. The van der Waals surface area contributed by atoms with E-state index >= 15 is 0 Å². The van der Waals surface area contributed by atoms with E-state index in [1.807, 2.05) is 0 Å². The molecule has 0 spiro atoms. The molecule has 3 aliphatic heterocycles. The summed E-state index contributed by atoms with van der Waals surface area (Å²) in [5.74, 6) is 1.61. The first-order valence-corrected chi connectivity index (χ1v) is 10.6. The quantitative estimate of drug-likeness (QED) is 0.497. The zero-order valence-electron chi connectivity index (χ0n) is 15.2. The third-order valence-corrected chi connectivity index (χ3v) is 10.8. The van der Waals surface area contributed by atoms with Gasteiger partial charge < -0.3 is 14.2 Å². The van der Waals surface area contributed by atoms with Crippen molar-refractivity contribution in [1.82, 2.24) is 0 Å². The fraction of sp³-hybridized carbons (Fsp3) is 0.739. The van der Waals surface area contributed by atoms with Crippen LogP contribution in [0.25, 0.3) is 0 Å². The first-order chi connectivity index (χ1) is 12.6. The normalized spacial score (nSPS) is 76.3. The van der Waals surface area contributed by atoms with Crippen LogP contribution in [0.5, 0.6) is 0 Å². The Labute approximate surface area is 153 Å². The molecule has 134 valence electrons. The van der Waals surface area contributed by atoms with E-state index in [9.17, 15) is 0 Å². The van der Waals surface area contributed by atoms with Gasteiger partial charge in [0.25, 0.3) is 0 Å². The number of rotatable bonds is 0. The molecule has 10 atom stereocenters. The maximum Gasteiger partial charge on any atom is 0.108 e. The van der Waals surface area contributed by atoms with E-state index in [2.05, 4.69) is 43.4 Å². The molecule has 9 rings (SSSR count). The Morgan fingerprint density at radius 2 is 0.731 bits per heavy atom. The largest absolute Gasteiger partial charge is 0.361 e. The molecule has 9 aliphatic rings. The highest BCUT2D eigenvalue weighted by molar-refractivity contribution is 5.59. The molecule has 4 unspecified atom stereocenters. The number of hydrogen-bond acceptors (Lipinski definition) is 3. The van der Waals surface area contributed by atoms with Crippen molar-refractivity contribution in [1.29, 1.82) is 0 Å². The molecule has 0 radical (unpaired) electrons. The van der Waals surface area contributed by atoms with Crippen molar-refractivity contribution < 1.29 is 14.2 Å². The number of hydrogen-bond donors (Lipinski definition) is 0. The van der Waals surface area contributed by atoms with Crippen LogP contribution in [0.2, 0.25) is 0 Å². The summed E-state index contributed by atoms with van der Waals surface area (Å²) in [5.41, 5.74) is 0.452. The van der Waals surface area contributed by atoms with Gasteiger partial charge in [-0.2, -0.15) is 0 Å². The van der Waals surface area contributed by atoms with Gasteiger partial charge in [0.15, 0.2) is 0 Å². The van der Waals surface area contributed by atoms with Crippen LogP contribution in [0, 0.1) is 23.2 Å². The van der Waals surface area contributed by atoms with Gasteiger partial charge in [0.05, 0.1) is 0 Å². The first kappa shape index (κ1) is 13.3. The van der Waals surface area contributed by atoms with E-state index in [4.69, 9.17) is 14.2 Å². The summed E-state index contributed by atoms with van der Waals surface area (Å²) < 4.78 is 20.7. The van der Waals surface area contributed by atoms with E-state index in [0.717, 1.165) is 38.5 Å². The second kappa shape index (κ2) is 3.03. The van der Waals surface area contributed by atoms with Crippen LogP contribution in [0.1, 0.15) is 45.4 Å². The van der Waals surface area contributed by atoms with Gasteiger partial charge in [-0.05, 0) is 43.9 Å². The van der Waals surface area contributed by atoms with Crippen molar-refractivity contribution in [3.8, 4) is 0 Å². The van der Waals surface area contributed by atoms with Crippen molar-refractivity contribution >= 4 is 0 Å². The maximum atomic E-state index is 6.90. The lowest BCUT2D eigenvalue weighted by Crippen LogP contribution is -2.46. The van der Waals surface area contributed by atoms with Crippen LogP contribution in [0.4, 0.5) is 0 Å². The highest BCUT2D eigenvalue weighted by Gasteiger charge is 3.10. The van der Waals surface area contributed by atoms with Gasteiger partial charge in [0.1, 0.15) is 33.6 Å². The minimum atomic E-state index is 0.0247. The molecule has 0 amide bonds. The molecule has 26 heavy (non-hydrogen) atoms. The lowest BCUT2D eigenvalue weighted by atomic mass is 9.66. The summed E-state index contributed by atoms with van der Waals surface area (Å²) in [6, 6.07) is 0. The summed E-state index contributed by atoms with van der Waals surface area (Å²) in [6.45, 7) is 2.63. The molecular formula is C23H24O3. The molecule has 0 N–H and O–H groups in total. The Hall–Kier alpha value is -0.900. The second-order valence-electron chi connectivity index (χ2n) is 10.9. The molecule has 3 saturated heterocycles. The van der Waals surface area contributed by atoms with Gasteiger partial charge in [-0.1, -0.05) is 43.4 Å². The van der Waals surface area contributed by atoms with Gasteiger partial charge in [-0.25, -0.2) is 0 Å². The van der Waals surface area contributed by atoms with E-state index in [0.29, 0.717) is 23.2 Å². The van der Waals surface area contributed by atoms with Gasteiger partial charge >= 0.3 is 0 Å². The zero-order chi connectivity index (χ0) is 16.8. The van der Waals surface area contributed by atoms with Crippen LogP contribution >= 0.6 is 0 Å². The van der Waals surface area contributed by atoms with E-state index in [-0.39, 0.29) is 33.6 Å². The fourth-order valence-corrected chi connectivity index (χ4v) is 10.9. The molecule has 0 aromatic carbocycles. The van der Waals surface area contributed by atoms with Crippen molar-refractivity contribution in [3.05, 3.63) is 36.5 Å². The van der Waals surface area contributed by atoms with Crippen molar-refractivity contribution in [2.45, 2.75) is 79.1 Å². The lowest BCUT2D eigenvalue weighted by Gasteiger charge is -2.43. The van der Waals surface area contributed by atoms with E-state index in [1.165, 1.54) is 0 Å². The van der Waals surface area contributed by atoms with Crippen LogP contribution < -0.4 is 0 Å². The molecule has 6 aliphatic carbocycles. The van der Waals surface area contributed by atoms with Crippen LogP contribution in [-0.2, 0) is 14.2 Å². The number of ether oxygens (including phenoxy) is 3. The average molecular weight is 348 g/mol. The minimum absolute atomic E-state index is 0.0247. The molecular weight excluding hydrogens is 324 g/mol. The average Bonchev–Trinajstić information content (AvgIpc) is 3.52. The molecule has 0 bridgehead atoms. The lowest BCUT2D eigenvalue weighted by molar-refractivity contribution is -0.105. The molecule has 6 fully saturated rings. The van der Waals surface area contributed by atoms with Crippen LogP contribution in [-0.4, -0.2) is 33.6 Å².